The summed E-state index contributed by atoms with van der Waals surface area (Å²) in [6, 6.07) is 20.0. The van der Waals surface area contributed by atoms with E-state index in [0.717, 1.165) is 9.87 Å². The highest BCUT2D eigenvalue weighted by molar-refractivity contribution is 7.89. The van der Waals surface area contributed by atoms with Crippen LogP contribution in [-0.2, 0) is 26.2 Å². The molecule has 0 aliphatic heterocycles. The Morgan fingerprint density at radius 2 is 1.69 bits per heavy atom. The Kier molecular flexibility index (Phi) is 8.53. The number of primary amides is 1. The summed E-state index contributed by atoms with van der Waals surface area (Å²) in [4.78, 5) is 24.1. The number of nitrogens with one attached hydrogen (secondary N) is 1. The first kappa shape index (κ1) is 26.5. The lowest BCUT2D eigenvalue weighted by Gasteiger charge is -2.28. The van der Waals surface area contributed by atoms with Crippen LogP contribution in [0.25, 0.3) is 11.1 Å². The van der Waals surface area contributed by atoms with Crippen molar-refractivity contribution >= 4 is 21.8 Å². The molecule has 186 valence electrons. The van der Waals surface area contributed by atoms with Gasteiger partial charge in [-0.3, -0.25) is 9.59 Å². The predicted molar refractivity (Wildman–Crippen MR) is 132 cm³/mol. The van der Waals surface area contributed by atoms with Crippen molar-refractivity contribution in [3.63, 3.8) is 0 Å². The normalized spacial score (nSPS) is 12.9. The lowest BCUT2D eigenvalue weighted by atomic mass is 10.0. The number of carbonyl (C=O) groups is 2. The Morgan fingerprint density at radius 1 is 1.03 bits per heavy atom. The third kappa shape index (κ3) is 6.53. The summed E-state index contributed by atoms with van der Waals surface area (Å²) in [6.45, 7) is 1.25. The molecular formula is C26H25FN4O4S. The Balaban J connectivity index is 1.91. The molecule has 0 saturated carbocycles. The van der Waals surface area contributed by atoms with E-state index in [1.165, 1.54) is 31.2 Å². The van der Waals surface area contributed by atoms with Gasteiger partial charge in [0.2, 0.25) is 21.8 Å². The van der Waals surface area contributed by atoms with Gasteiger partial charge >= 0.3 is 0 Å². The van der Waals surface area contributed by atoms with Crippen molar-refractivity contribution in [2.75, 3.05) is 0 Å². The number of hydrogen-bond acceptors (Lipinski definition) is 5. The number of nitrogens with zero attached hydrogens (tertiary/aromatic N) is 2. The Bertz CT molecular complexity index is 1370. The SMILES string of the molecule is C[C@@H](C(=O)N[C@H](C#N)CC(N)=O)N(Cc1ccc(-c2cccc(F)c2)cc1)S(=O)(=O)c1ccccc1. The highest BCUT2D eigenvalue weighted by atomic mass is 32.2. The van der Waals surface area contributed by atoms with Crippen LogP contribution in [0.15, 0.2) is 83.8 Å². The van der Waals surface area contributed by atoms with Crippen molar-refractivity contribution in [2.45, 2.75) is 36.9 Å². The molecule has 0 spiro atoms. The third-order valence-electron chi connectivity index (χ3n) is 5.49. The number of nitriles is 1. The largest absolute Gasteiger partial charge is 0.370 e. The smallest absolute Gasteiger partial charge is 0.244 e. The number of halogens is 1. The van der Waals surface area contributed by atoms with E-state index in [0.29, 0.717) is 11.1 Å². The number of carbonyl (C=O) groups excluding carboxylic acids is 2. The minimum absolute atomic E-state index is 0.00463. The van der Waals surface area contributed by atoms with Gasteiger partial charge in [0.1, 0.15) is 17.9 Å². The summed E-state index contributed by atoms with van der Waals surface area (Å²) in [6.07, 6.45) is -0.401. The van der Waals surface area contributed by atoms with Crippen LogP contribution in [-0.4, -0.2) is 36.6 Å². The van der Waals surface area contributed by atoms with Crippen LogP contribution in [0.1, 0.15) is 18.9 Å². The molecule has 0 heterocycles. The van der Waals surface area contributed by atoms with Crippen molar-refractivity contribution in [3.8, 4) is 17.2 Å². The highest BCUT2D eigenvalue weighted by Crippen LogP contribution is 2.24. The summed E-state index contributed by atoms with van der Waals surface area (Å²) in [5, 5.41) is 11.6. The zero-order chi connectivity index (χ0) is 26.3. The van der Waals surface area contributed by atoms with Crippen LogP contribution in [0.4, 0.5) is 4.39 Å². The van der Waals surface area contributed by atoms with Gasteiger partial charge in [0.05, 0.1) is 17.4 Å². The van der Waals surface area contributed by atoms with E-state index in [2.05, 4.69) is 5.32 Å². The second-order valence-corrected chi connectivity index (χ2v) is 10.00. The number of benzene rings is 3. The molecule has 2 atom stereocenters. The number of hydrogen-bond donors (Lipinski definition) is 2. The Labute approximate surface area is 209 Å². The van der Waals surface area contributed by atoms with Gasteiger partial charge in [0, 0.05) is 6.54 Å². The van der Waals surface area contributed by atoms with Crippen LogP contribution in [0.3, 0.4) is 0 Å². The fourth-order valence-electron chi connectivity index (χ4n) is 3.56. The maximum Gasteiger partial charge on any atom is 0.244 e. The molecule has 36 heavy (non-hydrogen) atoms. The molecule has 0 radical (unpaired) electrons. The molecule has 3 N–H and O–H groups in total. The van der Waals surface area contributed by atoms with Gasteiger partial charge in [-0.05, 0) is 47.9 Å². The van der Waals surface area contributed by atoms with E-state index in [1.54, 1.807) is 60.7 Å². The van der Waals surface area contributed by atoms with E-state index in [1.807, 2.05) is 0 Å². The fourth-order valence-corrected chi connectivity index (χ4v) is 5.16. The second-order valence-electron chi connectivity index (χ2n) is 8.11. The lowest BCUT2D eigenvalue weighted by Crippen LogP contribution is -2.50. The lowest BCUT2D eigenvalue weighted by molar-refractivity contribution is -0.125. The number of rotatable bonds is 10. The van der Waals surface area contributed by atoms with Gasteiger partial charge in [0.15, 0.2) is 0 Å². The van der Waals surface area contributed by atoms with E-state index in [9.17, 15) is 27.7 Å². The molecule has 0 aromatic heterocycles. The summed E-state index contributed by atoms with van der Waals surface area (Å²) in [5.41, 5.74) is 7.12. The van der Waals surface area contributed by atoms with Crippen LogP contribution < -0.4 is 11.1 Å². The molecule has 3 rings (SSSR count). The van der Waals surface area contributed by atoms with Crippen molar-refractivity contribution in [2.24, 2.45) is 5.73 Å². The first-order chi connectivity index (χ1) is 17.1. The van der Waals surface area contributed by atoms with Gasteiger partial charge in [-0.25, -0.2) is 12.8 Å². The van der Waals surface area contributed by atoms with E-state index < -0.39 is 40.3 Å². The van der Waals surface area contributed by atoms with Crippen LogP contribution >= 0.6 is 0 Å². The summed E-state index contributed by atoms with van der Waals surface area (Å²) < 4.78 is 41.6. The van der Waals surface area contributed by atoms with Crippen LogP contribution in [0.2, 0.25) is 0 Å². The minimum Gasteiger partial charge on any atom is -0.370 e. The van der Waals surface area contributed by atoms with Crippen LogP contribution in [0, 0.1) is 17.1 Å². The maximum absolute atomic E-state index is 13.6. The summed E-state index contributed by atoms with van der Waals surface area (Å²) in [5.74, 6) is -1.90. The van der Waals surface area contributed by atoms with Gasteiger partial charge in [0.25, 0.3) is 0 Å². The predicted octanol–water partition coefficient (Wildman–Crippen LogP) is 2.96. The molecule has 0 aliphatic rings. The van der Waals surface area contributed by atoms with Gasteiger partial charge in [-0.2, -0.15) is 9.57 Å². The van der Waals surface area contributed by atoms with Crippen molar-refractivity contribution in [1.82, 2.24) is 9.62 Å². The fraction of sp³-hybridized carbons (Fsp3) is 0.192. The Hall–Kier alpha value is -4.07. The van der Waals surface area contributed by atoms with E-state index in [-0.39, 0.29) is 17.3 Å². The van der Waals surface area contributed by atoms with E-state index >= 15 is 0 Å². The third-order valence-corrected chi connectivity index (χ3v) is 7.42. The molecule has 0 unspecified atom stereocenters. The summed E-state index contributed by atoms with van der Waals surface area (Å²) in [7, 11) is -4.13. The van der Waals surface area contributed by atoms with Crippen molar-refractivity contribution < 1.29 is 22.4 Å². The second kappa shape index (κ2) is 11.6. The minimum atomic E-state index is -4.13. The molecule has 3 aromatic rings. The quantitative estimate of drug-likeness (QED) is 0.434. The van der Waals surface area contributed by atoms with Gasteiger partial charge < -0.3 is 11.1 Å². The van der Waals surface area contributed by atoms with Gasteiger partial charge in [-0.15, -0.1) is 0 Å². The summed E-state index contributed by atoms with van der Waals surface area (Å²) >= 11 is 0. The topological polar surface area (TPSA) is 133 Å². The molecule has 2 amide bonds. The number of amides is 2. The van der Waals surface area contributed by atoms with Gasteiger partial charge in [-0.1, -0.05) is 54.6 Å². The van der Waals surface area contributed by atoms with Crippen molar-refractivity contribution in [3.05, 3.63) is 90.2 Å². The zero-order valence-corrected chi connectivity index (χ0v) is 20.3. The maximum atomic E-state index is 13.6. The average Bonchev–Trinajstić information content (AvgIpc) is 2.87. The first-order valence-corrected chi connectivity index (χ1v) is 12.5. The molecule has 8 nitrogen and oxygen atoms in total. The van der Waals surface area contributed by atoms with E-state index in [4.69, 9.17) is 5.73 Å². The molecule has 0 fully saturated rings. The molecule has 3 aromatic carbocycles. The number of sulfonamides is 1. The molecule has 0 aliphatic carbocycles. The molecule has 10 heteroatoms. The van der Waals surface area contributed by atoms with Crippen molar-refractivity contribution in [1.29, 1.82) is 5.26 Å². The Morgan fingerprint density at radius 3 is 2.28 bits per heavy atom. The average molecular weight is 509 g/mol. The van der Waals surface area contributed by atoms with Crippen LogP contribution in [0.5, 0.6) is 0 Å². The molecule has 0 saturated heterocycles. The monoisotopic (exact) mass is 508 g/mol. The molecule has 0 bridgehead atoms. The first-order valence-electron chi connectivity index (χ1n) is 11.0. The number of nitrogens with two attached hydrogens (primary N) is 1. The highest BCUT2D eigenvalue weighted by Gasteiger charge is 2.34. The molecular weight excluding hydrogens is 483 g/mol. The standard InChI is InChI=1S/C26H25FN4O4S/c1-18(26(33)30-23(16-28)15-25(29)32)31(36(34,35)24-8-3-2-4-9-24)17-19-10-12-20(13-11-19)21-6-5-7-22(27)14-21/h2-14,18,23H,15,17H2,1H3,(H2,29,32)(H,30,33)/t18-,23-/m0/s1. The zero-order valence-electron chi connectivity index (χ0n) is 19.5.